The van der Waals surface area contributed by atoms with Gasteiger partial charge >= 0.3 is 0 Å². The van der Waals surface area contributed by atoms with E-state index >= 15 is 0 Å². The zero-order valence-corrected chi connectivity index (χ0v) is 14.5. The number of carbonyl (C=O) groups is 1. The molecule has 23 heavy (non-hydrogen) atoms. The SMILES string of the molecule is C[C@@H]1c2ccsc2CC[NH+]1CC(=O)NCCCc1ccccc1. The molecule has 0 saturated heterocycles. The average Bonchev–Trinajstić information content (AvgIpc) is 3.05. The maximum absolute atomic E-state index is 12.2. The van der Waals surface area contributed by atoms with Crippen molar-refractivity contribution >= 4 is 17.2 Å². The van der Waals surface area contributed by atoms with Gasteiger partial charge in [-0.25, -0.2) is 0 Å². The highest BCUT2D eigenvalue weighted by molar-refractivity contribution is 7.10. The Labute approximate surface area is 142 Å². The van der Waals surface area contributed by atoms with Crippen LogP contribution in [0.4, 0.5) is 0 Å². The third-order valence-electron chi connectivity index (χ3n) is 4.73. The quantitative estimate of drug-likeness (QED) is 0.781. The van der Waals surface area contributed by atoms with Crippen LogP contribution in [0.25, 0.3) is 0 Å². The van der Waals surface area contributed by atoms with Crippen molar-refractivity contribution in [2.24, 2.45) is 0 Å². The van der Waals surface area contributed by atoms with Gasteiger partial charge in [-0.2, -0.15) is 0 Å². The largest absolute Gasteiger partial charge is 0.351 e. The number of hydrogen-bond donors (Lipinski definition) is 2. The van der Waals surface area contributed by atoms with Crippen molar-refractivity contribution in [3.63, 3.8) is 0 Å². The van der Waals surface area contributed by atoms with Gasteiger partial charge in [-0.3, -0.25) is 4.79 Å². The highest BCUT2D eigenvalue weighted by Crippen LogP contribution is 2.24. The van der Waals surface area contributed by atoms with Gasteiger partial charge in [-0.1, -0.05) is 30.3 Å². The Kier molecular flexibility index (Phi) is 5.47. The summed E-state index contributed by atoms with van der Waals surface area (Å²) >= 11 is 1.85. The summed E-state index contributed by atoms with van der Waals surface area (Å²) in [7, 11) is 0. The van der Waals surface area contributed by atoms with Gasteiger partial charge in [0.05, 0.1) is 6.54 Å². The predicted octanol–water partition coefficient (Wildman–Crippen LogP) is 2.00. The van der Waals surface area contributed by atoms with Crippen LogP contribution in [0.3, 0.4) is 0 Å². The van der Waals surface area contributed by atoms with E-state index < -0.39 is 0 Å². The molecule has 3 rings (SSSR count). The molecular formula is C19H25N2OS+. The molecule has 0 bridgehead atoms. The molecule has 0 spiro atoms. The van der Waals surface area contributed by atoms with Crippen LogP contribution in [0.15, 0.2) is 41.8 Å². The van der Waals surface area contributed by atoms with E-state index in [1.807, 2.05) is 17.4 Å². The minimum absolute atomic E-state index is 0.179. The van der Waals surface area contributed by atoms with Crippen LogP contribution in [0.5, 0.6) is 0 Å². The maximum Gasteiger partial charge on any atom is 0.275 e. The monoisotopic (exact) mass is 329 g/mol. The van der Waals surface area contributed by atoms with E-state index in [0.717, 1.165) is 32.4 Å². The summed E-state index contributed by atoms with van der Waals surface area (Å²) < 4.78 is 0. The van der Waals surface area contributed by atoms with Gasteiger partial charge in [0, 0.05) is 23.4 Å². The predicted molar refractivity (Wildman–Crippen MR) is 94.9 cm³/mol. The number of amides is 1. The molecule has 0 aliphatic carbocycles. The van der Waals surface area contributed by atoms with Crippen LogP contribution >= 0.6 is 11.3 Å². The molecule has 1 aliphatic rings. The number of thiophene rings is 1. The number of fused-ring (bicyclic) bond motifs is 1. The van der Waals surface area contributed by atoms with E-state index in [-0.39, 0.29) is 5.91 Å². The lowest BCUT2D eigenvalue weighted by Crippen LogP contribution is -3.14. The van der Waals surface area contributed by atoms with E-state index in [9.17, 15) is 4.79 Å². The van der Waals surface area contributed by atoms with E-state index in [1.54, 1.807) is 0 Å². The first-order valence-electron chi connectivity index (χ1n) is 8.45. The van der Waals surface area contributed by atoms with Crippen LogP contribution < -0.4 is 10.2 Å². The second kappa shape index (κ2) is 7.75. The van der Waals surface area contributed by atoms with Crippen LogP contribution in [0, 0.1) is 0 Å². The smallest absolute Gasteiger partial charge is 0.275 e. The zero-order chi connectivity index (χ0) is 16.1. The summed E-state index contributed by atoms with van der Waals surface area (Å²) in [5, 5.41) is 5.26. The zero-order valence-electron chi connectivity index (χ0n) is 13.7. The third kappa shape index (κ3) is 4.21. The molecule has 3 nitrogen and oxygen atoms in total. The van der Waals surface area contributed by atoms with Crippen LogP contribution in [-0.2, 0) is 17.6 Å². The second-order valence-corrected chi connectivity index (χ2v) is 7.30. The summed E-state index contributed by atoms with van der Waals surface area (Å²) in [4.78, 5) is 15.1. The topological polar surface area (TPSA) is 33.5 Å². The molecule has 0 radical (unpaired) electrons. The van der Waals surface area contributed by atoms with E-state index in [0.29, 0.717) is 12.6 Å². The Morgan fingerprint density at radius 3 is 2.96 bits per heavy atom. The van der Waals surface area contributed by atoms with Crippen LogP contribution in [0.2, 0.25) is 0 Å². The number of benzene rings is 1. The van der Waals surface area contributed by atoms with Gasteiger partial charge in [0.1, 0.15) is 6.04 Å². The fourth-order valence-electron chi connectivity index (χ4n) is 3.33. The Morgan fingerprint density at radius 2 is 2.13 bits per heavy atom. The van der Waals surface area contributed by atoms with Crippen molar-refractivity contribution in [3.8, 4) is 0 Å². The number of carbonyl (C=O) groups excluding carboxylic acids is 1. The number of quaternary nitrogens is 1. The molecular weight excluding hydrogens is 304 g/mol. The molecule has 1 aliphatic heterocycles. The fraction of sp³-hybridized carbons (Fsp3) is 0.421. The first-order valence-corrected chi connectivity index (χ1v) is 9.33. The van der Waals surface area contributed by atoms with E-state index in [2.05, 4.69) is 48.0 Å². The first kappa shape index (κ1) is 16.2. The number of rotatable bonds is 6. The minimum atomic E-state index is 0.179. The molecule has 4 heteroatoms. The Balaban J connectivity index is 1.40. The fourth-order valence-corrected chi connectivity index (χ4v) is 4.30. The van der Waals surface area contributed by atoms with Crippen LogP contribution in [0.1, 0.15) is 35.4 Å². The molecule has 0 fully saturated rings. The lowest BCUT2D eigenvalue weighted by molar-refractivity contribution is -0.924. The van der Waals surface area contributed by atoms with Gasteiger partial charge in [0.2, 0.25) is 0 Å². The van der Waals surface area contributed by atoms with Crippen molar-refractivity contribution in [1.82, 2.24) is 5.32 Å². The van der Waals surface area contributed by atoms with Crippen LogP contribution in [-0.4, -0.2) is 25.5 Å². The summed E-state index contributed by atoms with van der Waals surface area (Å²) in [5.74, 6) is 0.179. The molecule has 1 aromatic heterocycles. The Hall–Kier alpha value is -1.65. The van der Waals surface area contributed by atoms with Crippen molar-refractivity contribution in [1.29, 1.82) is 0 Å². The van der Waals surface area contributed by atoms with Crippen molar-refractivity contribution in [3.05, 3.63) is 57.8 Å². The lowest BCUT2D eigenvalue weighted by atomic mass is 10.0. The molecule has 122 valence electrons. The lowest BCUT2D eigenvalue weighted by Gasteiger charge is -2.29. The molecule has 0 saturated carbocycles. The summed E-state index contributed by atoms with van der Waals surface area (Å²) in [5.41, 5.74) is 2.77. The highest BCUT2D eigenvalue weighted by Gasteiger charge is 2.29. The minimum Gasteiger partial charge on any atom is -0.351 e. The molecule has 2 N–H and O–H groups in total. The van der Waals surface area contributed by atoms with E-state index in [1.165, 1.54) is 20.9 Å². The Morgan fingerprint density at radius 1 is 1.30 bits per heavy atom. The average molecular weight is 329 g/mol. The normalized spacial score (nSPS) is 20.0. The van der Waals surface area contributed by atoms with E-state index in [4.69, 9.17) is 0 Å². The molecule has 1 amide bonds. The highest BCUT2D eigenvalue weighted by atomic mass is 32.1. The number of aryl methyl sites for hydroxylation is 1. The summed E-state index contributed by atoms with van der Waals surface area (Å²) in [6, 6.07) is 13.1. The molecule has 1 aromatic carbocycles. The first-order chi connectivity index (χ1) is 11.2. The van der Waals surface area contributed by atoms with Crippen molar-refractivity contribution in [2.45, 2.75) is 32.2 Å². The van der Waals surface area contributed by atoms with Gasteiger partial charge in [-0.05, 0) is 36.8 Å². The van der Waals surface area contributed by atoms with Gasteiger partial charge < -0.3 is 10.2 Å². The molecule has 2 atom stereocenters. The van der Waals surface area contributed by atoms with Crippen molar-refractivity contribution in [2.75, 3.05) is 19.6 Å². The molecule has 2 aromatic rings. The van der Waals surface area contributed by atoms with Gasteiger partial charge in [0.15, 0.2) is 6.54 Å². The molecule has 1 unspecified atom stereocenters. The summed E-state index contributed by atoms with van der Waals surface area (Å²) in [6.45, 7) is 4.65. The molecule has 2 heterocycles. The van der Waals surface area contributed by atoms with Gasteiger partial charge in [0.25, 0.3) is 5.91 Å². The Bertz CT molecular complexity index is 638. The van der Waals surface area contributed by atoms with Gasteiger partial charge in [-0.15, -0.1) is 11.3 Å². The number of hydrogen-bond acceptors (Lipinski definition) is 2. The summed E-state index contributed by atoms with van der Waals surface area (Å²) in [6.07, 6.45) is 3.12. The standard InChI is InChI=1S/C19H24N2OS/c1-15-17-10-13-23-18(17)9-12-21(15)14-19(22)20-11-5-8-16-6-3-2-4-7-16/h2-4,6-7,10,13,15H,5,8-9,11-12,14H2,1H3,(H,20,22)/p+1/t15-/m1/s1. The third-order valence-corrected chi connectivity index (χ3v) is 5.72. The second-order valence-electron chi connectivity index (χ2n) is 6.29. The number of nitrogens with one attached hydrogen (secondary N) is 2. The maximum atomic E-state index is 12.2. The van der Waals surface area contributed by atoms with Crippen molar-refractivity contribution < 1.29 is 9.69 Å².